The number of hydrogen-bond donors (Lipinski definition) is 1. The third-order valence-electron chi connectivity index (χ3n) is 2.78. The highest BCUT2D eigenvalue weighted by atomic mass is 16.5. The molecule has 2 nitrogen and oxygen atoms in total. The van der Waals surface area contributed by atoms with Gasteiger partial charge in [0.1, 0.15) is 0 Å². The highest BCUT2D eigenvalue weighted by molar-refractivity contribution is 5.13. The van der Waals surface area contributed by atoms with Crippen LogP contribution in [-0.2, 0) is 11.3 Å². The summed E-state index contributed by atoms with van der Waals surface area (Å²) in [5.74, 6) is 0.532. The maximum Gasteiger partial charge on any atom is 0.0726 e. The van der Waals surface area contributed by atoms with Gasteiger partial charge in [-0.05, 0) is 11.5 Å². The van der Waals surface area contributed by atoms with Crippen molar-refractivity contribution in [2.75, 3.05) is 6.54 Å². The van der Waals surface area contributed by atoms with Crippen molar-refractivity contribution in [3.8, 4) is 0 Å². The van der Waals surface area contributed by atoms with Gasteiger partial charge in [0.2, 0.25) is 0 Å². The quantitative estimate of drug-likeness (QED) is 0.783. The Bertz CT molecular complexity index is 295. The Morgan fingerprint density at radius 1 is 1.06 bits per heavy atom. The minimum Gasteiger partial charge on any atom is -0.372 e. The highest BCUT2D eigenvalue weighted by Gasteiger charge is 2.14. The molecule has 1 N–H and O–H groups in total. The Morgan fingerprint density at radius 2 is 1.71 bits per heavy atom. The normalized spacial score (nSPS) is 13.3. The van der Waals surface area contributed by atoms with Crippen LogP contribution in [0.15, 0.2) is 30.3 Å². The van der Waals surface area contributed by atoms with Gasteiger partial charge in [-0.3, -0.25) is 0 Å². The lowest BCUT2D eigenvalue weighted by atomic mass is 10.1. The molecule has 1 aromatic rings. The average Bonchev–Trinajstić information content (AvgIpc) is 2.29. The predicted molar refractivity (Wildman–Crippen MR) is 73.0 cm³/mol. The molecule has 1 aromatic carbocycles. The fraction of sp³-hybridized carbons (Fsp3) is 0.600. The van der Waals surface area contributed by atoms with Gasteiger partial charge in [-0.2, -0.15) is 0 Å². The van der Waals surface area contributed by atoms with Gasteiger partial charge in [0.15, 0.2) is 0 Å². The molecule has 0 saturated heterocycles. The van der Waals surface area contributed by atoms with Gasteiger partial charge in [0.05, 0.1) is 12.7 Å². The van der Waals surface area contributed by atoms with Gasteiger partial charge in [-0.1, -0.05) is 58.0 Å². The van der Waals surface area contributed by atoms with Gasteiger partial charge in [-0.15, -0.1) is 0 Å². The van der Waals surface area contributed by atoms with E-state index in [0.29, 0.717) is 18.6 Å². The second-order valence-electron chi connectivity index (χ2n) is 5.14. The molecular weight excluding hydrogens is 210 g/mol. The summed E-state index contributed by atoms with van der Waals surface area (Å²) in [7, 11) is 0. The monoisotopic (exact) mass is 235 g/mol. The number of benzene rings is 1. The van der Waals surface area contributed by atoms with Crippen LogP contribution in [0.25, 0.3) is 0 Å². The zero-order valence-electron chi connectivity index (χ0n) is 11.4. The van der Waals surface area contributed by atoms with E-state index < -0.39 is 0 Å². The average molecular weight is 235 g/mol. The van der Waals surface area contributed by atoms with Crippen LogP contribution in [0.5, 0.6) is 0 Å². The lowest BCUT2D eigenvalue weighted by Gasteiger charge is -2.23. The van der Waals surface area contributed by atoms with Crippen LogP contribution in [0.1, 0.15) is 33.3 Å². The van der Waals surface area contributed by atoms with Crippen molar-refractivity contribution in [2.45, 2.75) is 46.4 Å². The Kier molecular flexibility index (Phi) is 6.23. The molecule has 0 spiro atoms. The molecule has 96 valence electrons. The standard InChI is InChI=1S/C15H25NO/c1-12(2)15(10-16-13(3)4)17-11-14-8-6-5-7-9-14/h5-9,12-13,15-16H,10-11H2,1-4H3. The smallest absolute Gasteiger partial charge is 0.0726 e. The minimum absolute atomic E-state index is 0.276. The van der Waals surface area contributed by atoms with Crippen LogP contribution in [0.2, 0.25) is 0 Å². The van der Waals surface area contributed by atoms with Crippen molar-refractivity contribution in [1.29, 1.82) is 0 Å². The van der Waals surface area contributed by atoms with Crippen LogP contribution >= 0.6 is 0 Å². The largest absolute Gasteiger partial charge is 0.372 e. The first-order valence-electron chi connectivity index (χ1n) is 6.48. The van der Waals surface area contributed by atoms with Crippen molar-refractivity contribution in [2.24, 2.45) is 5.92 Å². The van der Waals surface area contributed by atoms with E-state index >= 15 is 0 Å². The maximum atomic E-state index is 5.98. The summed E-state index contributed by atoms with van der Waals surface area (Å²) in [6.45, 7) is 10.4. The Morgan fingerprint density at radius 3 is 2.24 bits per heavy atom. The van der Waals surface area contributed by atoms with E-state index in [9.17, 15) is 0 Å². The Hall–Kier alpha value is -0.860. The van der Waals surface area contributed by atoms with E-state index in [-0.39, 0.29) is 6.10 Å². The molecule has 17 heavy (non-hydrogen) atoms. The second-order valence-corrected chi connectivity index (χ2v) is 5.14. The summed E-state index contributed by atoms with van der Waals surface area (Å²) in [6, 6.07) is 10.9. The molecule has 0 bridgehead atoms. The van der Waals surface area contributed by atoms with Crippen LogP contribution < -0.4 is 5.32 Å². The van der Waals surface area contributed by atoms with E-state index in [2.05, 4.69) is 57.3 Å². The zero-order chi connectivity index (χ0) is 12.7. The number of ether oxygens (including phenoxy) is 1. The van der Waals surface area contributed by atoms with Crippen LogP contribution in [-0.4, -0.2) is 18.7 Å². The lowest BCUT2D eigenvalue weighted by molar-refractivity contribution is 0.0103. The number of nitrogens with one attached hydrogen (secondary N) is 1. The molecule has 0 radical (unpaired) electrons. The third-order valence-corrected chi connectivity index (χ3v) is 2.78. The fourth-order valence-corrected chi connectivity index (χ4v) is 1.62. The summed E-state index contributed by atoms with van der Waals surface area (Å²) in [5.41, 5.74) is 1.24. The highest BCUT2D eigenvalue weighted by Crippen LogP contribution is 2.10. The van der Waals surface area contributed by atoms with Crippen molar-refractivity contribution < 1.29 is 4.74 Å². The lowest BCUT2D eigenvalue weighted by Crippen LogP contribution is -2.36. The van der Waals surface area contributed by atoms with Crippen molar-refractivity contribution >= 4 is 0 Å². The molecule has 1 rings (SSSR count). The topological polar surface area (TPSA) is 21.3 Å². The summed E-state index contributed by atoms with van der Waals surface area (Å²) in [6.07, 6.45) is 0.276. The fourth-order valence-electron chi connectivity index (χ4n) is 1.62. The maximum absolute atomic E-state index is 5.98. The zero-order valence-corrected chi connectivity index (χ0v) is 11.4. The van der Waals surface area contributed by atoms with Gasteiger partial charge < -0.3 is 10.1 Å². The molecular formula is C15H25NO. The minimum atomic E-state index is 0.276. The Labute approximate surface area is 105 Å². The molecule has 0 aromatic heterocycles. The van der Waals surface area contributed by atoms with Crippen molar-refractivity contribution in [3.05, 3.63) is 35.9 Å². The molecule has 0 aliphatic heterocycles. The molecule has 1 atom stereocenters. The number of hydrogen-bond acceptors (Lipinski definition) is 2. The van der Waals surface area contributed by atoms with E-state index in [4.69, 9.17) is 4.74 Å². The van der Waals surface area contributed by atoms with Gasteiger partial charge in [0.25, 0.3) is 0 Å². The van der Waals surface area contributed by atoms with E-state index in [1.54, 1.807) is 0 Å². The summed E-state index contributed by atoms with van der Waals surface area (Å²) >= 11 is 0. The molecule has 0 heterocycles. The van der Waals surface area contributed by atoms with Crippen molar-refractivity contribution in [1.82, 2.24) is 5.32 Å². The number of rotatable bonds is 7. The van der Waals surface area contributed by atoms with Gasteiger partial charge in [-0.25, -0.2) is 0 Å². The first kappa shape index (κ1) is 14.2. The van der Waals surface area contributed by atoms with Crippen LogP contribution in [0.3, 0.4) is 0 Å². The molecule has 0 aliphatic carbocycles. The van der Waals surface area contributed by atoms with E-state index in [1.807, 2.05) is 6.07 Å². The third kappa shape index (κ3) is 5.85. The molecule has 0 amide bonds. The first-order chi connectivity index (χ1) is 8.09. The Balaban J connectivity index is 2.39. The van der Waals surface area contributed by atoms with Crippen LogP contribution in [0.4, 0.5) is 0 Å². The van der Waals surface area contributed by atoms with E-state index in [1.165, 1.54) is 5.56 Å². The second kappa shape index (κ2) is 7.46. The first-order valence-corrected chi connectivity index (χ1v) is 6.48. The van der Waals surface area contributed by atoms with E-state index in [0.717, 1.165) is 6.54 Å². The van der Waals surface area contributed by atoms with Crippen LogP contribution in [0, 0.1) is 5.92 Å². The predicted octanol–water partition coefficient (Wildman–Crippen LogP) is 3.23. The van der Waals surface area contributed by atoms with Gasteiger partial charge >= 0.3 is 0 Å². The summed E-state index contributed by atoms with van der Waals surface area (Å²) in [4.78, 5) is 0. The molecule has 2 heteroatoms. The molecule has 1 unspecified atom stereocenters. The molecule has 0 aliphatic rings. The summed E-state index contributed by atoms with van der Waals surface area (Å²) in [5, 5.41) is 3.44. The summed E-state index contributed by atoms with van der Waals surface area (Å²) < 4.78 is 5.98. The SMILES string of the molecule is CC(C)NCC(OCc1ccccc1)C(C)C. The van der Waals surface area contributed by atoms with Crippen molar-refractivity contribution in [3.63, 3.8) is 0 Å². The molecule has 0 fully saturated rings. The van der Waals surface area contributed by atoms with Gasteiger partial charge in [0, 0.05) is 12.6 Å². The molecule has 0 saturated carbocycles.